The van der Waals surface area contributed by atoms with Crippen molar-refractivity contribution in [2.24, 2.45) is 10.9 Å². The van der Waals surface area contributed by atoms with Gasteiger partial charge in [0.25, 0.3) is 5.91 Å². The highest BCUT2D eigenvalue weighted by atomic mass is 16.2. The number of rotatable bonds is 8. The van der Waals surface area contributed by atoms with Crippen molar-refractivity contribution >= 4 is 17.8 Å². The lowest BCUT2D eigenvalue weighted by molar-refractivity contribution is -0.121. The van der Waals surface area contributed by atoms with E-state index in [4.69, 9.17) is 4.99 Å². The van der Waals surface area contributed by atoms with E-state index in [1.54, 1.807) is 7.05 Å². The fourth-order valence-electron chi connectivity index (χ4n) is 3.30. The Hall–Kier alpha value is -2.57. The first-order chi connectivity index (χ1) is 13.6. The molecule has 0 spiro atoms. The monoisotopic (exact) mass is 387 g/mol. The van der Waals surface area contributed by atoms with Gasteiger partial charge in [0.15, 0.2) is 5.96 Å². The summed E-state index contributed by atoms with van der Waals surface area (Å²) in [5.74, 6) is 1.45. The Labute approximate surface area is 168 Å². The maximum atomic E-state index is 12.0. The van der Waals surface area contributed by atoms with Crippen LogP contribution in [0.5, 0.6) is 0 Å². The summed E-state index contributed by atoms with van der Waals surface area (Å²) in [5, 5.41) is 8.99. The summed E-state index contributed by atoms with van der Waals surface area (Å²) >= 11 is 0. The van der Waals surface area contributed by atoms with E-state index in [9.17, 15) is 9.59 Å². The van der Waals surface area contributed by atoms with Crippen LogP contribution in [0.1, 0.15) is 43.0 Å². The molecular weight excluding hydrogens is 354 g/mol. The first-order valence-electron chi connectivity index (χ1n) is 10.2. The summed E-state index contributed by atoms with van der Waals surface area (Å²) in [7, 11) is 1.69. The van der Waals surface area contributed by atoms with Gasteiger partial charge in [-0.25, -0.2) is 0 Å². The molecule has 1 aliphatic rings. The molecule has 0 saturated carbocycles. The van der Waals surface area contributed by atoms with E-state index in [-0.39, 0.29) is 11.8 Å². The number of amides is 2. The third-order valence-corrected chi connectivity index (χ3v) is 4.92. The predicted octanol–water partition coefficient (Wildman–Crippen LogP) is 1.62. The number of likely N-dealkylation sites (tertiary alicyclic amines) is 1. The predicted molar refractivity (Wildman–Crippen MR) is 112 cm³/mol. The zero-order valence-corrected chi connectivity index (χ0v) is 17.0. The normalized spacial score (nSPS) is 15.2. The molecule has 0 unspecified atom stereocenters. The molecule has 0 bridgehead atoms. The summed E-state index contributed by atoms with van der Waals surface area (Å²) in [5.41, 5.74) is 0.680. The lowest BCUT2D eigenvalue weighted by atomic mass is 9.93. The minimum atomic E-state index is -0.0466. The molecule has 1 heterocycles. The van der Waals surface area contributed by atoms with Gasteiger partial charge in [-0.15, -0.1) is 0 Å². The van der Waals surface area contributed by atoms with E-state index < -0.39 is 0 Å². The van der Waals surface area contributed by atoms with Crippen LogP contribution in [0.2, 0.25) is 0 Å². The molecule has 154 valence electrons. The van der Waals surface area contributed by atoms with E-state index in [1.165, 1.54) is 0 Å². The van der Waals surface area contributed by atoms with Gasteiger partial charge in [0.2, 0.25) is 5.91 Å². The Kier molecular flexibility index (Phi) is 9.31. The second kappa shape index (κ2) is 12.0. The van der Waals surface area contributed by atoms with Crippen molar-refractivity contribution in [1.29, 1.82) is 0 Å². The van der Waals surface area contributed by atoms with Crippen molar-refractivity contribution in [3.8, 4) is 0 Å². The topological polar surface area (TPSA) is 85.8 Å². The van der Waals surface area contributed by atoms with Crippen LogP contribution in [-0.4, -0.2) is 62.4 Å². The second-order valence-corrected chi connectivity index (χ2v) is 7.02. The fourth-order valence-corrected chi connectivity index (χ4v) is 3.30. The van der Waals surface area contributed by atoms with Gasteiger partial charge < -0.3 is 20.9 Å². The van der Waals surface area contributed by atoms with Gasteiger partial charge in [0, 0.05) is 51.8 Å². The maximum Gasteiger partial charge on any atom is 0.251 e. The molecule has 0 radical (unpaired) electrons. The summed E-state index contributed by atoms with van der Waals surface area (Å²) in [4.78, 5) is 30.6. The quantitative estimate of drug-likeness (QED) is 0.359. The molecule has 1 aromatic carbocycles. The van der Waals surface area contributed by atoms with E-state index in [0.717, 1.165) is 44.9 Å². The average molecular weight is 388 g/mol. The van der Waals surface area contributed by atoms with Crippen molar-refractivity contribution in [2.45, 2.75) is 32.6 Å². The van der Waals surface area contributed by atoms with Crippen LogP contribution in [-0.2, 0) is 4.79 Å². The molecule has 1 aliphatic heterocycles. The van der Waals surface area contributed by atoms with Gasteiger partial charge >= 0.3 is 0 Å². The first kappa shape index (κ1) is 21.7. The number of carbonyl (C=O) groups is 2. The zero-order valence-electron chi connectivity index (χ0n) is 17.0. The summed E-state index contributed by atoms with van der Waals surface area (Å²) in [6.07, 6.45) is 3.41. The standard InChI is InChI=1S/C21H33N5O2/c1-3-23-21(26-14-10-17(11-15-26)16-19(27)22-2)25-13-7-12-24-20(28)18-8-5-4-6-9-18/h4-6,8-9,17H,3,7,10-16H2,1-2H3,(H,22,27)(H,23,25)(H,24,28). The van der Waals surface area contributed by atoms with Crippen molar-refractivity contribution in [3.05, 3.63) is 35.9 Å². The number of guanidine groups is 1. The Balaban J connectivity index is 1.73. The van der Waals surface area contributed by atoms with Crippen LogP contribution < -0.4 is 16.0 Å². The number of nitrogens with zero attached hydrogens (tertiary/aromatic N) is 2. The largest absolute Gasteiger partial charge is 0.359 e. The van der Waals surface area contributed by atoms with Crippen LogP contribution in [0.15, 0.2) is 35.3 Å². The number of aliphatic imine (C=N–C) groups is 1. The minimum Gasteiger partial charge on any atom is -0.359 e. The van der Waals surface area contributed by atoms with E-state index in [1.807, 2.05) is 30.3 Å². The van der Waals surface area contributed by atoms with Crippen LogP contribution in [0.25, 0.3) is 0 Å². The van der Waals surface area contributed by atoms with Crippen LogP contribution in [0.3, 0.4) is 0 Å². The van der Waals surface area contributed by atoms with Crippen LogP contribution >= 0.6 is 0 Å². The maximum absolute atomic E-state index is 12.0. The first-order valence-corrected chi connectivity index (χ1v) is 10.2. The molecular formula is C21H33N5O2. The minimum absolute atomic E-state index is 0.0466. The summed E-state index contributed by atoms with van der Waals surface area (Å²) in [6.45, 7) is 5.98. The Morgan fingerprint density at radius 1 is 1.14 bits per heavy atom. The molecule has 0 atom stereocenters. The number of carbonyl (C=O) groups excluding carboxylic acids is 2. The smallest absolute Gasteiger partial charge is 0.251 e. The number of benzene rings is 1. The van der Waals surface area contributed by atoms with E-state index >= 15 is 0 Å². The van der Waals surface area contributed by atoms with Crippen molar-refractivity contribution < 1.29 is 9.59 Å². The Morgan fingerprint density at radius 3 is 2.50 bits per heavy atom. The molecule has 0 aromatic heterocycles. The van der Waals surface area contributed by atoms with Crippen molar-refractivity contribution in [1.82, 2.24) is 20.9 Å². The summed E-state index contributed by atoms with van der Waals surface area (Å²) in [6, 6.07) is 9.24. The Bertz CT molecular complexity index is 639. The molecule has 0 aliphatic carbocycles. The van der Waals surface area contributed by atoms with E-state index in [2.05, 4.69) is 27.8 Å². The molecule has 3 N–H and O–H groups in total. The molecule has 1 saturated heterocycles. The van der Waals surface area contributed by atoms with Crippen molar-refractivity contribution in [3.63, 3.8) is 0 Å². The van der Waals surface area contributed by atoms with Gasteiger partial charge in [-0.2, -0.15) is 0 Å². The molecule has 1 fully saturated rings. The number of hydrogen-bond donors (Lipinski definition) is 3. The van der Waals surface area contributed by atoms with Gasteiger partial charge in [0.1, 0.15) is 0 Å². The highest BCUT2D eigenvalue weighted by Gasteiger charge is 2.22. The van der Waals surface area contributed by atoms with Crippen molar-refractivity contribution in [2.75, 3.05) is 39.8 Å². The lowest BCUT2D eigenvalue weighted by Gasteiger charge is -2.34. The third kappa shape index (κ3) is 7.21. The highest BCUT2D eigenvalue weighted by molar-refractivity contribution is 5.94. The fraction of sp³-hybridized carbons (Fsp3) is 0.571. The van der Waals surface area contributed by atoms with Crippen LogP contribution in [0, 0.1) is 5.92 Å². The van der Waals surface area contributed by atoms with Gasteiger partial charge in [-0.3, -0.25) is 14.6 Å². The van der Waals surface area contributed by atoms with Gasteiger partial charge in [0.05, 0.1) is 0 Å². The zero-order chi connectivity index (χ0) is 20.2. The number of nitrogens with one attached hydrogen (secondary N) is 3. The molecule has 2 rings (SSSR count). The van der Waals surface area contributed by atoms with E-state index in [0.29, 0.717) is 31.0 Å². The molecule has 7 heteroatoms. The lowest BCUT2D eigenvalue weighted by Crippen LogP contribution is -2.46. The highest BCUT2D eigenvalue weighted by Crippen LogP contribution is 2.20. The number of hydrogen-bond acceptors (Lipinski definition) is 3. The number of piperidine rings is 1. The second-order valence-electron chi connectivity index (χ2n) is 7.02. The van der Waals surface area contributed by atoms with Gasteiger partial charge in [-0.05, 0) is 44.2 Å². The molecule has 2 amide bonds. The SMILES string of the molecule is CCNC(=NCCCNC(=O)c1ccccc1)N1CCC(CC(=O)NC)CC1. The Morgan fingerprint density at radius 2 is 1.86 bits per heavy atom. The molecule has 28 heavy (non-hydrogen) atoms. The summed E-state index contributed by atoms with van der Waals surface area (Å²) < 4.78 is 0. The molecule has 7 nitrogen and oxygen atoms in total. The molecule has 1 aromatic rings. The van der Waals surface area contributed by atoms with Gasteiger partial charge in [-0.1, -0.05) is 18.2 Å². The third-order valence-electron chi connectivity index (χ3n) is 4.92. The average Bonchev–Trinajstić information content (AvgIpc) is 2.73. The van der Waals surface area contributed by atoms with Crippen LogP contribution in [0.4, 0.5) is 0 Å².